The van der Waals surface area contributed by atoms with E-state index < -0.39 is 6.10 Å². The molecule has 6 nitrogen and oxygen atoms in total. The highest BCUT2D eigenvalue weighted by Gasteiger charge is 2.19. The molecule has 6 heteroatoms. The van der Waals surface area contributed by atoms with Crippen LogP contribution >= 0.6 is 0 Å². The summed E-state index contributed by atoms with van der Waals surface area (Å²) in [5, 5.41) is 0. The first-order valence-corrected chi connectivity index (χ1v) is 26.1. The van der Waals surface area contributed by atoms with Gasteiger partial charge in [-0.15, -0.1) is 0 Å². The molecule has 0 radical (unpaired) electrons. The Morgan fingerprint density at radius 1 is 0.344 bits per heavy atom. The van der Waals surface area contributed by atoms with Crippen LogP contribution in [0.3, 0.4) is 0 Å². The summed E-state index contributed by atoms with van der Waals surface area (Å²) in [6.45, 7) is 6.48. The molecule has 0 aliphatic carbocycles. The lowest BCUT2D eigenvalue weighted by Crippen LogP contribution is -2.30. The van der Waals surface area contributed by atoms with Crippen LogP contribution in [0, 0.1) is 0 Å². The zero-order valence-electron chi connectivity index (χ0n) is 40.4. The summed E-state index contributed by atoms with van der Waals surface area (Å²) < 4.78 is 16.7. The molecule has 0 N–H and O–H groups in total. The predicted octanol–water partition coefficient (Wildman–Crippen LogP) is 17.1. The Morgan fingerprint density at radius 3 is 1.08 bits per heavy atom. The van der Waals surface area contributed by atoms with Gasteiger partial charge < -0.3 is 14.2 Å². The first-order chi connectivity index (χ1) is 30.0. The summed E-state index contributed by atoms with van der Waals surface area (Å²) in [5.41, 5.74) is 0. The number of esters is 3. The summed E-state index contributed by atoms with van der Waals surface area (Å²) in [5.74, 6) is -0.962. The maximum absolute atomic E-state index is 12.8. The van der Waals surface area contributed by atoms with Crippen LogP contribution in [0.1, 0.15) is 265 Å². The SMILES string of the molecule is CC/C=C/C/C=C/CCCCCCCCCC(=O)OC(COC(=O)CC/C=C/C/C=C/CCCCCCCC)COC(=O)CCCCCCCCCCCCCCCCCC. The monoisotopic (exact) mass is 855 g/mol. The van der Waals surface area contributed by atoms with Crippen molar-refractivity contribution in [1.29, 1.82) is 0 Å². The minimum Gasteiger partial charge on any atom is -0.462 e. The molecular weight excluding hydrogens is 757 g/mol. The van der Waals surface area contributed by atoms with Gasteiger partial charge in [-0.1, -0.05) is 230 Å². The van der Waals surface area contributed by atoms with Gasteiger partial charge in [-0.3, -0.25) is 14.4 Å². The van der Waals surface area contributed by atoms with Crippen molar-refractivity contribution in [3.05, 3.63) is 48.6 Å². The Hall–Kier alpha value is -2.63. The van der Waals surface area contributed by atoms with Crippen LogP contribution in [0.25, 0.3) is 0 Å². The zero-order valence-corrected chi connectivity index (χ0v) is 40.4. The Bertz CT molecular complexity index is 1070. The number of unbranched alkanes of at least 4 members (excludes halogenated alkanes) is 28. The highest BCUT2D eigenvalue weighted by Crippen LogP contribution is 2.15. The number of rotatable bonds is 47. The van der Waals surface area contributed by atoms with E-state index >= 15 is 0 Å². The van der Waals surface area contributed by atoms with Gasteiger partial charge in [0.05, 0.1) is 0 Å². The van der Waals surface area contributed by atoms with Crippen molar-refractivity contribution < 1.29 is 28.6 Å². The molecule has 0 saturated carbocycles. The molecule has 1 unspecified atom stereocenters. The number of allylic oxidation sites excluding steroid dienone is 8. The largest absolute Gasteiger partial charge is 0.462 e. The Kier molecular flexibility index (Phi) is 47.9. The van der Waals surface area contributed by atoms with Crippen LogP contribution in [-0.4, -0.2) is 37.2 Å². The minimum atomic E-state index is -0.796. The van der Waals surface area contributed by atoms with Gasteiger partial charge >= 0.3 is 17.9 Å². The molecule has 0 heterocycles. The third-order valence-corrected chi connectivity index (χ3v) is 11.3. The van der Waals surface area contributed by atoms with E-state index in [9.17, 15) is 14.4 Å². The second-order valence-electron chi connectivity index (χ2n) is 17.4. The number of ether oxygens (including phenoxy) is 3. The van der Waals surface area contributed by atoms with Gasteiger partial charge in [0.1, 0.15) is 13.2 Å². The molecule has 0 saturated heterocycles. The van der Waals surface area contributed by atoms with E-state index in [0.717, 1.165) is 70.6 Å². The molecule has 0 fully saturated rings. The third-order valence-electron chi connectivity index (χ3n) is 11.3. The first kappa shape index (κ1) is 58.4. The van der Waals surface area contributed by atoms with E-state index in [1.807, 2.05) is 6.08 Å². The van der Waals surface area contributed by atoms with Crippen LogP contribution in [0.15, 0.2) is 48.6 Å². The third kappa shape index (κ3) is 48.3. The molecule has 61 heavy (non-hydrogen) atoms. The van der Waals surface area contributed by atoms with Crippen LogP contribution in [-0.2, 0) is 28.6 Å². The average Bonchev–Trinajstić information content (AvgIpc) is 3.26. The summed E-state index contributed by atoms with van der Waals surface area (Å²) in [7, 11) is 0. The topological polar surface area (TPSA) is 78.9 Å². The maximum Gasteiger partial charge on any atom is 0.306 e. The van der Waals surface area contributed by atoms with Gasteiger partial charge in [-0.25, -0.2) is 0 Å². The molecule has 0 spiro atoms. The molecule has 0 aliphatic rings. The lowest BCUT2D eigenvalue weighted by atomic mass is 10.0. The number of carbonyl (C=O) groups is 3. The van der Waals surface area contributed by atoms with E-state index in [1.54, 1.807) is 0 Å². The molecular formula is C55H98O6. The average molecular weight is 855 g/mol. The second-order valence-corrected chi connectivity index (χ2v) is 17.4. The van der Waals surface area contributed by atoms with Crippen molar-refractivity contribution in [2.75, 3.05) is 13.2 Å². The van der Waals surface area contributed by atoms with E-state index in [4.69, 9.17) is 14.2 Å². The maximum atomic E-state index is 12.8. The van der Waals surface area contributed by atoms with Gasteiger partial charge in [0.15, 0.2) is 6.10 Å². The fraction of sp³-hybridized carbons (Fsp3) is 0.800. The number of hydrogen-bond acceptors (Lipinski definition) is 6. The smallest absolute Gasteiger partial charge is 0.306 e. The molecule has 0 aromatic heterocycles. The van der Waals surface area contributed by atoms with Crippen molar-refractivity contribution in [3.63, 3.8) is 0 Å². The second kappa shape index (κ2) is 50.0. The fourth-order valence-electron chi connectivity index (χ4n) is 7.42. The fourth-order valence-corrected chi connectivity index (χ4v) is 7.42. The quantitative estimate of drug-likeness (QED) is 0.0263. The normalized spacial score (nSPS) is 12.4. The Balaban J connectivity index is 4.41. The van der Waals surface area contributed by atoms with Gasteiger partial charge in [0.2, 0.25) is 0 Å². The number of hydrogen-bond donors (Lipinski definition) is 0. The van der Waals surface area contributed by atoms with Crippen molar-refractivity contribution in [3.8, 4) is 0 Å². The van der Waals surface area contributed by atoms with E-state index in [2.05, 4.69) is 63.3 Å². The van der Waals surface area contributed by atoms with Gasteiger partial charge in [-0.2, -0.15) is 0 Å². The lowest BCUT2D eigenvalue weighted by molar-refractivity contribution is -0.166. The van der Waals surface area contributed by atoms with Gasteiger partial charge in [0.25, 0.3) is 0 Å². The molecule has 0 aromatic rings. The molecule has 0 bridgehead atoms. The highest BCUT2D eigenvalue weighted by atomic mass is 16.6. The summed E-state index contributed by atoms with van der Waals surface area (Å²) >= 11 is 0. The molecule has 1 atom stereocenters. The minimum absolute atomic E-state index is 0.0910. The molecule has 354 valence electrons. The van der Waals surface area contributed by atoms with Crippen molar-refractivity contribution >= 4 is 17.9 Å². The Labute approximate surface area is 378 Å². The van der Waals surface area contributed by atoms with Crippen molar-refractivity contribution in [1.82, 2.24) is 0 Å². The van der Waals surface area contributed by atoms with E-state index in [1.165, 1.54) is 148 Å². The van der Waals surface area contributed by atoms with Gasteiger partial charge in [-0.05, 0) is 64.2 Å². The van der Waals surface area contributed by atoms with E-state index in [0.29, 0.717) is 19.3 Å². The predicted molar refractivity (Wildman–Crippen MR) is 261 cm³/mol. The summed E-state index contributed by atoms with van der Waals surface area (Å²) in [6.07, 6.45) is 59.7. The van der Waals surface area contributed by atoms with Gasteiger partial charge in [0, 0.05) is 19.3 Å². The zero-order chi connectivity index (χ0) is 44.4. The standard InChI is InChI=1S/C55H98O6/c1-4-7-10-13-16-19-22-25-27-28-31-33-36-39-42-45-48-54(57)60-51-52(50-59-53(56)47-44-41-38-35-32-29-24-21-18-15-12-9-6-3)61-55(58)49-46-43-40-37-34-30-26-23-20-17-14-11-8-5-2/h8,11,17,20,29,32,38,41,52H,4-7,9-10,12-16,18-19,21-28,30-31,33-37,39-40,42-51H2,1-3H3/b11-8+,20-17+,32-29+,41-38+. The Morgan fingerprint density at radius 2 is 0.672 bits per heavy atom. The van der Waals surface area contributed by atoms with Crippen LogP contribution in [0.2, 0.25) is 0 Å². The van der Waals surface area contributed by atoms with Crippen LogP contribution in [0.4, 0.5) is 0 Å². The first-order valence-electron chi connectivity index (χ1n) is 26.1. The summed E-state index contributed by atoms with van der Waals surface area (Å²) in [6, 6.07) is 0. The van der Waals surface area contributed by atoms with E-state index in [-0.39, 0.29) is 37.5 Å². The summed E-state index contributed by atoms with van der Waals surface area (Å²) in [4.78, 5) is 37.9. The molecule has 0 amide bonds. The lowest BCUT2D eigenvalue weighted by Gasteiger charge is -2.18. The van der Waals surface area contributed by atoms with Crippen LogP contribution in [0.5, 0.6) is 0 Å². The molecule has 0 aromatic carbocycles. The molecule has 0 rings (SSSR count). The highest BCUT2D eigenvalue weighted by molar-refractivity contribution is 5.71. The molecule has 0 aliphatic heterocycles. The van der Waals surface area contributed by atoms with Crippen molar-refractivity contribution in [2.24, 2.45) is 0 Å². The number of carbonyl (C=O) groups excluding carboxylic acids is 3. The van der Waals surface area contributed by atoms with Crippen LogP contribution < -0.4 is 0 Å². The van der Waals surface area contributed by atoms with Crippen molar-refractivity contribution in [2.45, 2.75) is 271 Å².